The summed E-state index contributed by atoms with van der Waals surface area (Å²) in [7, 11) is 0. The normalized spacial score (nSPS) is 22.5. The highest BCUT2D eigenvalue weighted by atomic mass is 19.3. The van der Waals surface area contributed by atoms with E-state index in [9.17, 15) is 13.6 Å². The third-order valence-electron chi connectivity index (χ3n) is 3.19. The number of alkyl halides is 2. The molecule has 6 heteroatoms. The van der Waals surface area contributed by atoms with Gasteiger partial charge < -0.3 is 15.4 Å². The number of hydrogen-bond acceptors (Lipinski definition) is 3. The minimum absolute atomic E-state index is 0.0253. The van der Waals surface area contributed by atoms with Crippen LogP contribution in [0.4, 0.5) is 14.5 Å². The van der Waals surface area contributed by atoms with Crippen LogP contribution < -0.4 is 15.4 Å². The Balaban J connectivity index is 2.04. The fourth-order valence-electron chi connectivity index (χ4n) is 2.11. The lowest BCUT2D eigenvalue weighted by atomic mass is 9.99. The van der Waals surface area contributed by atoms with Crippen molar-refractivity contribution in [1.29, 1.82) is 0 Å². The molecule has 0 saturated carbocycles. The number of halogens is 2. The van der Waals surface area contributed by atoms with Gasteiger partial charge in [-0.3, -0.25) is 4.79 Å². The van der Waals surface area contributed by atoms with Gasteiger partial charge >= 0.3 is 6.61 Å². The first-order valence-electron chi connectivity index (χ1n) is 6.11. The van der Waals surface area contributed by atoms with Crippen molar-refractivity contribution < 1.29 is 18.3 Å². The Morgan fingerprint density at radius 1 is 1.53 bits per heavy atom. The van der Waals surface area contributed by atoms with Gasteiger partial charge in [0.05, 0.1) is 5.54 Å². The zero-order valence-electron chi connectivity index (χ0n) is 10.6. The van der Waals surface area contributed by atoms with Gasteiger partial charge in [0.2, 0.25) is 5.91 Å². The van der Waals surface area contributed by atoms with E-state index in [1.54, 1.807) is 12.1 Å². The van der Waals surface area contributed by atoms with Crippen LogP contribution in [0.25, 0.3) is 0 Å². The van der Waals surface area contributed by atoms with Crippen LogP contribution in [0, 0.1) is 0 Å². The Hall–Kier alpha value is -1.69. The van der Waals surface area contributed by atoms with Crippen LogP contribution in [-0.4, -0.2) is 24.6 Å². The maximum atomic E-state index is 12.1. The SMILES string of the molecule is CC1(C(=O)Nc2cccc(OC(F)F)c2)CCCN1. The molecule has 1 aliphatic rings. The fourth-order valence-corrected chi connectivity index (χ4v) is 2.11. The molecule has 0 aromatic heterocycles. The first kappa shape index (κ1) is 13.7. The standard InChI is InChI=1S/C13H16F2N2O2/c1-13(6-3-7-16-13)11(18)17-9-4-2-5-10(8-9)19-12(14)15/h2,4-5,8,12,16H,3,6-7H2,1H3,(H,17,18). The Kier molecular flexibility index (Phi) is 3.99. The number of ether oxygens (including phenoxy) is 1. The number of amides is 1. The third-order valence-corrected chi connectivity index (χ3v) is 3.19. The molecular formula is C13H16F2N2O2. The second-order valence-electron chi connectivity index (χ2n) is 4.72. The van der Waals surface area contributed by atoms with Gasteiger partial charge in [-0.1, -0.05) is 6.07 Å². The molecule has 0 bridgehead atoms. The molecule has 1 atom stereocenters. The van der Waals surface area contributed by atoms with E-state index in [1.165, 1.54) is 12.1 Å². The van der Waals surface area contributed by atoms with Crippen molar-refractivity contribution in [3.05, 3.63) is 24.3 Å². The van der Waals surface area contributed by atoms with E-state index in [2.05, 4.69) is 15.4 Å². The topological polar surface area (TPSA) is 50.4 Å². The Labute approximate surface area is 110 Å². The van der Waals surface area contributed by atoms with Crippen molar-refractivity contribution in [2.75, 3.05) is 11.9 Å². The van der Waals surface area contributed by atoms with E-state index in [0.29, 0.717) is 5.69 Å². The fraction of sp³-hybridized carbons (Fsp3) is 0.462. The highest BCUT2D eigenvalue weighted by Gasteiger charge is 2.35. The van der Waals surface area contributed by atoms with E-state index >= 15 is 0 Å². The second kappa shape index (κ2) is 5.52. The van der Waals surface area contributed by atoms with E-state index in [4.69, 9.17) is 0 Å². The van der Waals surface area contributed by atoms with Crippen LogP contribution in [0.15, 0.2) is 24.3 Å². The summed E-state index contributed by atoms with van der Waals surface area (Å²) in [5.74, 6) is -0.142. The highest BCUT2D eigenvalue weighted by Crippen LogP contribution is 2.23. The molecule has 0 spiro atoms. The van der Waals surface area contributed by atoms with Crippen molar-refractivity contribution in [2.45, 2.75) is 31.9 Å². The number of rotatable bonds is 4. The van der Waals surface area contributed by atoms with E-state index in [1.807, 2.05) is 6.92 Å². The Morgan fingerprint density at radius 2 is 2.32 bits per heavy atom. The van der Waals surface area contributed by atoms with Crippen LogP contribution in [0.1, 0.15) is 19.8 Å². The molecule has 104 valence electrons. The summed E-state index contributed by atoms with van der Waals surface area (Å²) >= 11 is 0. The molecule has 1 aliphatic heterocycles. The van der Waals surface area contributed by atoms with Gasteiger partial charge in [-0.15, -0.1) is 0 Å². The van der Waals surface area contributed by atoms with E-state index < -0.39 is 12.2 Å². The molecule has 0 radical (unpaired) electrons. The maximum Gasteiger partial charge on any atom is 0.387 e. The van der Waals surface area contributed by atoms with Crippen molar-refractivity contribution in [3.8, 4) is 5.75 Å². The zero-order valence-corrected chi connectivity index (χ0v) is 10.6. The Morgan fingerprint density at radius 3 is 2.95 bits per heavy atom. The molecule has 4 nitrogen and oxygen atoms in total. The molecule has 1 aromatic carbocycles. The lowest BCUT2D eigenvalue weighted by Gasteiger charge is -2.23. The number of benzene rings is 1. The number of carbonyl (C=O) groups is 1. The second-order valence-corrected chi connectivity index (χ2v) is 4.72. The van der Waals surface area contributed by atoms with Gasteiger partial charge in [-0.05, 0) is 38.4 Å². The molecule has 2 N–H and O–H groups in total. The van der Waals surface area contributed by atoms with Gasteiger partial charge in [-0.25, -0.2) is 0 Å². The smallest absolute Gasteiger partial charge is 0.387 e. The summed E-state index contributed by atoms with van der Waals surface area (Å²) in [6, 6.07) is 5.98. The molecule has 1 heterocycles. The summed E-state index contributed by atoms with van der Waals surface area (Å²) in [4.78, 5) is 12.1. The van der Waals surface area contributed by atoms with Gasteiger partial charge in [0.1, 0.15) is 5.75 Å². The number of hydrogen-bond donors (Lipinski definition) is 2. The quantitative estimate of drug-likeness (QED) is 0.883. The van der Waals surface area contributed by atoms with Gasteiger partial charge in [-0.2, -0.15) is 8.78 Å². The molecule has 1 saturated heterocycles. The third kappa shape index (κ3) is 3.41. The van der Waals surface area contributed by atoms with Gasteiger partial charge in [0.25, 0.3) is 0 Å². The van der Waals surface area contributed by atoms with Crippen LogP contribution in [0.3, 0.4) is 0 Å². The number of nitrogens with one attached hydrogen (secondary N) is 2. The van der Waals surface area contributed by atoms with Crippen molar-refractivity contribution in [1.82, 2.24) is 5.32 Å². The predicted octanol–water partition coefficient (Wildman–Crippen LogP) is 2.37. The maximum absolute atomic E-state index is 12.1. The molecule has 1 unspecified atom stereocenters. The molecule has 0 aliphatic carbocycles. The summed E-state index contributed by atoms with van der Waals surface area (Å²) in [5, 5.41) is 5.85. The summed E-state index contributed by atoms with van der Waals surface area (Å²) in [5.41, 5.74) is -0.155. The Bertz CT molecular complexity index is 460. The lowest BCUT2D eigenvalue weighted by molar-refractivity contribution is -0.121. The zero-order chi connectivity index (χ0) is 13.9. The molecule has 1 fully saturated rings. The van der Waals surface area contributed by atoms with E-state index in [-0.39, 0.29) is 11.7 Å². The van der Waals surface area contributed by atoms with Gasteiger partial charge in [0.15, 0.2) is 0 Å². The average molecular weight is 270 g/mol. The van der Waals surface area contributed by atoms with Crippen molar-refractivity contribution in [3.63, 3.8) is 0 Å². The lowest BCUT2D eigenvalue weighted by Crippen LogP contribution is -2.47. The molecule has 1 amide bonds. The monoisotopic (exact) mass is 270 g/mol. The van der Waals surface area contributed by atoms with Crippen LogP contribution >= 0.6 is 0 Å². The summed E-state index contributed by atoms with van der Waals surface area (Å²) < 4.78 is 28.5. The molecule has 1 aromatic rings. The molecular weight excluding hydrogens is 254 g/mol. The molecule has 2 rings (SSSR count). The van der Waals surface area contributed by atoms with Crippen LogP contribution in [0.2, 0.25) is 0 Å². The first-order chi connectivity index (χ1) is 8.99. The summed E-state index contributed by atoms with van der Waals surface area (Å²) in [6.45, 7) is -0.243. The van der Waals surface area contributed by atoms with Crippen molar-refractivity contribution >= 4 is 11.6 Å². The molecule has 19 heavy (non-hydrogen) atoms. The number of carbonyl (C=O) groups excluding carboxylic acids is 1. The first-order valence-corrected chi connectivity index (χ1v) is 6.11. The average Bonchev–Trinajstić information content (AvgIpc) is 2.77. The van der Waals surface area contributed by atoms with Crippen LogP contribution in [0.5, 0.6) is 5.75 Å². The van der Waals surface area contributed by atoms with Crippen LogP contribution in [-0.2, 0) is 4.79 Å². The largest absolute Gasteiger partial charge is 0.435 e. The minimum atomic E-state index is -2.88. The predicted molar refractivity (Wildman–Crippen MR) is 67.3 cm³/mol. The van der Waals surface area contributed by atoms with Crippen molar-refractivity contribution in [2.24, 2.45) is 0 Å². The number of anilines is 1. The van der Waals surface area contributed by atoms with Gasteiger partial charge in [0, 0.05) is 11.8 Å². The summed E-state index contributed by atoms with van der Waals surface area (Å²) in [6.07, 6.45) is 1.70. The highest BCUT2D eigenvalue weighted by molar-refractivity contribution is 5.98. The van der Waals surface area contributed by atoms with E-state index in [0.717, 1.165) is 19.4 Å². The minimum Gasteiger partial charge on any atom is -0.435 e.